The zero-order chi connectivity index (χ0) is 22.4. The van der Waals surface area contributed by atoms with Crippen molar-refractivity contribution in [1.82, 2.24) is 4.57 Å². The summed E-state index contributed by atoms with van der Waals surface area (Å²) in [4.78, 5) is 25.5. The van der Waals surface area contributed by atoms with Crippen LogP contribution in [0.1, 0.15) is 27.1 Å². The van der Waals surface area contributed by atoms with Gasteiger partial charge in [0.25, 0.3) is 0 Å². The third-order valence-electron chi connectivity index (χ3n) is 4.81. The lowest BCUT2D eigenvalue weighted by molar-refractivity contribution is 0.0471. The highest BCUT2D eigenvalue weighted by molar-refractivity contribution is 6.09. The van der Waals surface area contributed by atoms with Gasteiger partial charge in [-0.05, 0) is 18.2 Å². The van der Waals surface area contributed by atoms with Crippen LogP contribution in [0, 0.1) is 11.3 Å². The van der Waals surface area contributed by atoms with E-state index in [2.05, 4.69) is 6.07 Å². The van der Waals surface area contributed by atoms with Gasteiger partial charge in [-0.3, -0.25) is 4.79 Å². The van der Waals surface area contributed by atoms with Gasteiger partial charge >= 0.3 is 5.97 Å². The molecule has 8 heteroatoms. The van der Waals surface area contributed by atoms with Crippen LogP contribution >= 0.6 is 0 Å². The third-order valence-corrected chi connectivity index (χ3v) is 4.81. The van der Waals surface area contributed by atoms with E-state index < -0.39 is 12.6 Å². The first-order valence-electron chi connectivity index (χ1n) is 9.49. The van der Waals surface area contributed by atoms with Gasteiger partial charge in [0, 0.05) is 29.2 Å². The van der Waals surface area contributed by atoms with Crippen LogP contribution in [-0.2, 0) is 11.3 Å². The molecule has 0 saturated carbocycles. The molecule has 0 aliphatic rings. The number of aryl methyl sites for hydroxylation is 1. The fourth-order valence-electron chi connectivity index (χ4n) is 3.37. The van der Waals surface area contributed by atoms with Crippen LogP contribution < -0.4 is 14.2 Å². The summed E-state index contributed by atoms with van der Waals surface area (Å²) in [6, 6.07) is 12.5. The van der Waals surface area contributed by atoms with Gasteiger partial charge in [-0.1, -0.05) is 18.2 Å². The predicted octanol–water partition coefficient (Wildman–Crippen LogP) is 3.62. The zero-order valence-electron chi connectivity index (χ0n) is 17.5. The van der Waals surface area contributed by atoms with E-state index in [1.165, 1.54) is 27.4 Å². The summed E-state index contributed by atoms with van der Waals surface area (Å²) in [6.07, 6.45) is 2.01. The molecule has 0 fully saturated rings. The Morgan fingerprint density at radius 2 is 1.71 bits per heavy atom. The number of hydrogen-bond acceptors (Lipinski definition) is 7. The smallest absolute Gasteiger partial charge is 0.342 e. The second kappa shape index (κ2) is 9.67. The fourth-order valence-corrected chi connectivity index (χ4v) is 3.37. The molecule has 3 rings (SSSR count). The summed E-state index contributed by atoms with van der Waals surface area (Å²) < 4.78 is 22.9. The number of methoxy groups -OCH3 is 3. The van der Waals surface area contributed by atoms with Crippen LogP contribution in [0.4, 0.5) is 0 Å². The van der Waals surface area contributed by atoms with Gasteiger partial charge in [0.15, 0.2) is 18.1 Å². The summed E-state index contributed by atoms with van der Waals surface area (Å²) >= 11 is 0. The van der Waals surface area contributed by atoms with E-state index in [-0.39, 0.29) is 22.8 Å². The minimum atomic E-state index is -0.723. The molecule has 1 aromatic heterocycles. The number of hydrogen-bond donors (Lipinski definition) is 0. The summed E-state index contributed by atoms with van der Waals surface area (Å²) in [5, 5.41) is 9.61. The lowest BCUT2D eigenvalue weighted by Crippen LogP contribution is -2.15. The molecule has 0 bridgehead atoms. The van der Waals surface area contributed by atoms with Crippen molar-refractivity contribution >= 4 is 22.7 Å². The number of aromatic nitrogens is 1. The van der Waals surface area contributed by atoms with Gasteiger partial charge in [0.05, 0.1) is 33.8 Å². The topological polar surface area (TPSA) is 99.8 Å². The second-order valence-electron chi connectivity index (χ2n) is 6.54. The molecule has 0 saturated heterocycles. The number of para-hydroxylation sites is 1. The lowest BCUT2D eigenvalue weighted by Gasteiger charge is -2.15. The molecule has 0 spiro atoms. The first-order chi connectivity index (χ1) is 15.0. The Labute approximate surface area is 179 Å². The van der Waals surface area contributed by atoms with E-state index in [0.717, 1.165) is 10.9 Å². The van der Waals surface area contributed by atoms with Crippen molar-refractivity contribution in [2.24, 2.45) is 0 Å². The molecule has 0 aliphatic heterocycles. The Morgan fingerprint density at radius 3 is 2.39 bits per heavy atom. The first kappa shape index (κ1) is 21.7. The average molecular weight is 422 g/mol. The van der Waals surface area contributed by atoms with E-state index >= 15 is 0 Å². The Hall–Kier alpha value is -3.99. The van der Waals surface area contributed by atoms with Gasteiger partial charge in [-0.15, -0.1) is 0 Å². The Morgan fingerprint density at radius 1 is 0.968 bits per heavy atom. The van der Waals surface area contributed by atoms with Crippen LogP contribution in [0.3, 0.4) is 0 Å². The van der Waals surface area contributed by atoms with Crippen molar-refractivity contribution in [2.45, 2.75) is 13.0 Å². The maximum atomic E-state index is 12.8. The Kier molecular flexibility index (Phi) is 6.78. The normalized spacial score (nSPS) is 10.4. The van der Waals surface area contributed by atoms with Crippen LogP contribution in [-0.4, -0.2) is 44.3 Å². The Bertz CT molecular complexity index is 1160. The van der Waals surface area contributed by atoms with Gasteiger partial charge in [-0.25, -0.2) is 4.79 Å². The molecule has 0 radical (unpaired) electrons. The van der Waals surface area contributed by atoms with Crippen LogP contribution in [0.25, 0.3) is 10.9 Å². The lowest BCUT2D eigenvalue weighted by atomic mass is 10.1. The quantitative estimate of drug-likeness (QED) is 0.383. The SMILES string of the molecule is COc1ccc(C(=O)OCC(=O)c2cn(CCC#N)c3ccccc23)c(OC)c1OC. The molecule has 0 atom stereocenters. The molecular weight excluding hydrogens is 400 g/mol. The predicted molar refractivity (Wildman–Crippen MR) is 113 cm³/mol. The minimum absolute atomic E-state index is 0.115. The zero-order valence-corrected chi connectivity index (χ0v) is 17.5. The van der Waals surface area contributed by atoms with E-state index in [4.69, 9.17) is 24.2 Å². The number of fused-ring (bicyclic) bond motifs is 1. The van der Waals surface area contributed by atoms with Gasteiger partial charge in [-0.2, -0.15) is 5.26 Å². The molecule has 0 aliphatic carbocycles. The standard InChI is InChI=1S/C23H22N2O6/c1-28-20-10-9-16(21(29-2)22(20)30-3)23(27)31-14-19(26)17-13-25(12-6-11-24)18-8-5-4-7-15(17)18/h4-5,7-10,13H,6,12,14H2,1-3H3. The molecule has 0 N–H and O–H groups in total. The van der Waals surface area contributed by atoms with Gasteiger partial charge in [0.2, 0.25) is 11.5 Å². The maximum Gasteiger partial charge on any atom is 0.342 e. The molecule has 31 heavy (non-hydrogen) atoms. The molecule has 1 heterocycles. The summed E-state index contributed by atoms with van der Waals surface area (Å²) in [7, 11) is 4.30. The van der Waals surface area contributed by atoms with Crippen molar-refractivity contribution in [2.75, 3.05) is 27.9 Å². The molecular formula is C23H22N2O6. The third kappa shape index (κ3) is 4.31. The van der Waals surface area contributed by atoms with E-state index in [1.807, 2.05) is 28.8 Å². The number of Topliss-reactive ketones (excluding diaryl/α,β-unsaturated/α-hetero) is 1. The Balaban J connectivity index is 1.82. The van der Waals surface area contributed by atoms with Crippen molar-refractivity contribution in [3.8, 4) is 23.3 Å². The number of ether oxygens (including phenoxy) is 4. The number of carbonyl (C=O) groups is 2. The van der Waals surface area contributed by atoms with Gasteiger partial charge in [0.1, 0.15) is 5.56 Å². The average Bonchev–Trinajstić information content (AvgIpc) is 3.18. The van der Waals surface area contributed by atoms with E-state index in [1.54, 1.807) is 12.3 Å². The summed E-state index contributed by atoms with van der Waals surface area (Å²) in [5.41, 5.74) is 1.39. The first-order valence-corrected chi connectivity index (χ1v) is 9.49. The minimum Gasteiger partial charge on any atom is -0.493 e. The van der Waals surface area contributed by atoms with Crippen molar-refractivity contribution in [3.63, 3.8) is 0 Å². The van der Waals surface area contributed by atoms with E-state index in [9.17, 15) is 9.59 Å². The van der Waals surface area contributed by atoms with Gasteiger partial charge < -0.3 is 23.5 Å². The number of benzene rings is 2. The number of nitrogens with zero attached hydrogens (tertiary/aromatic N) is 2. The monoisotopic (exact) mass is 422 g/mol. The van der Waals surface area contributed by atoms with E-state index in [0.29, 0.717) is 24.3 Å². The molecule has 8 nitrogen and oxygen atoms in total. The number of carbonyl (C=O) groups excluding carboxylic acids is 2. The second-order valence-corrected chi connectivity index (χ2v) is 6.54. The highest BCUT2D eigenvalue weighted by atomic mass is 16.5. The number of ketones is 1. The molecule has 2 aromatic carbocycles. The summed E-state index contributed by atoms with van der Waals surface area (Å²) in [6.45, 7) is 0.0233. The number of rotatable bonds is 9. The highest BCUT2D eigenvalue weighted by Crippen LogP contribution is 2.40. The molecule has 0 amide bonds. The van der Waals surface area contributed by atoms with Crippen molar-refractivity contribution in [1.29, 1.82) is 5.26 Å². The van der Waals surface area contributed by atoms with Crippen LogP contribution in [0.5, 0.6) is 17.2 Å². The highest BCUT2D eigenvalue weighted by Gasteiger charge is 2.23. The maximum absolute atomic E-state index is 12.8. The fraction of sp³-hybridized carbons (Fsp3) is 0.261. The summed E-state index contributed by atoms with van der Waals surface area (Å²) in [5.74, 6) is -0.255. The van der Waals surface area contributed by atoms with Crippen LogP contribution in [0.2, 0.25) is 0 Å². The number of nitriles is 1. The molecule has 0 unspecified atom stereocenters. The largest absolute Gasteiger partial charge is 0.493 e. The van der Waals surface area contributed by atoms with Crippen molar-refractivity contribution < 1.29 is 28.5 Å². The number of esters is 1. The molecule has 160 valence electrons. The van der Waals surface area contributed by atoms with Crippen LogP contribution in [0.15, 0.2) is 42.6 Å². The molecule has 3 aromatic rings. The van der Waals surface area contributed by atoms with Crippen molar-refractivity contribution in [3.05, 3.63) is 53.7 Å².